The number of para-hydroxylation sites is 1. The summed E-state index contributed by atoms with van der Waals surface area (Å²) in [6, 6.07) is 13.5. The number of ketones is 1. The van der Waals surface area contributed by atoms with Gasteiger partial charge in [0, 0.05) is 11.3 Å². The fourth-order valence-corrected chi connectivity index (χ4v) is 2.47. The van der Waals surface area contributed by atoms with E-state index in [2.05, 4.69) is 17.5 Å². The Kier molecular flexibility index (Phi) is 8.03. The molecular formula is C21H25N3O3. The first-order chi connectivity index (χ1) is 13.1. The number of nitrogens with two attached hydrogens (primary N) is 1. The number of nitrogens with zero attached hydrogens (tertiary/aromatic N) is 1. The van der Waals surface area contributed by atoms with Crippen LogP contribution in [0, 0.1) is 0 Å². The van der Waals surface area contributed by atoms with Gasteiger partial charge < -0.3 is 10.5 Å². The maximum atomic E-state index is 12.4. The molecule has 0 radical (unpaired) electrons. The van der Waals surface area contributed by atoms with Crippen LogP contribution < -0.4 is 15.9 Å². The maximum absolute atomic E-state index is 12.4. The fourth-order valence-electron chi connectivity index (χ4n) is 2.47. The summed E-state index contributed by atoms with van der Waals surface area (Å²) < 4.78 is 5.73. The Balaban J connectivity index is 1.93. The number of carbonyl (C=O) groups excluding carboxylic acids is 2. The maximum Gasteiger partial charge on any atom is 0.271 e. The van der Waals surface area contributed by atoms with Gasteiger partial charge >= 0.3 is 0 Å². The Bertz CT molecular complexity index is 803. The van der Waals surface area contributed by atoms with Crippen LogP contribution in [0.4, 0.5) is 5.69 Å². The summed E-state index contributed by atoms with van der Waals surface area (Å²) in [5.41, 5.74) is 9.23. The molecule has 27 heavy (non-hydrogen) atoms. The molecule has 0 aliphatic heterocycles. The smallest absolute Gasteiger partial charge is 0.271 e. The lowest BCUT2D eigenvalue weighted by atomic mass is 10.1. The van der Waals surface area contributed by atoms with Crippen LogP contribution in [0.15, 0.2) is 53.6 Å². The van der Waals surface area contributed by atoms with E-state index in [1.807, 2.05) is 6.07 Å². The summed E-state index contributed by atoms with van der Waals surface area (Å²) in [4.78, 5) is 24.4. The molecule has 0 unspecified atom stereocenters. The number of hydrogen-bond acceptors (Lipinski definition) is 5. The van der Waals surface area contributed by atoms with Gasteiger partial charge in [-0.25, -0.2) is 5.43 Å². The van der Waals surface area contributed by atoms with Gasteiger partial charge in [0.1, 0.15) is 5.75 Å². The van der Waals surface area contributed by atoms with Gasteiger partial charge in [-0.2, -0.15) is 5.10 Å². The number of carbonyl (C=O) groups is 2. The highest BCUT2D eigenvalue weighted by Crippen LogP contribution is 2.18. The number of nitrogen functional groups attached to an aromatic ring is 1. The lowest BCUT2D eigenvalue weighted by Gasteiger charge is -2.09. The monoisotopic (exact) mass is 367 g/mol. The third-order valence-electron chi connectivity index (χ3n) is 3.90. The summed E-state index contributed by atoms with van der Waals surface area (Å²) in [6.45, 7) is 2.72. The van der Waals surface area contributed by atoms with E-state index in [1.54, 1.807) is 36.4 Å². The molecule has 0 aliphatic carbocycles. The molecule has 2 aromatic carbocycles. The molecule has 0 saturated heterocycles. The van der Waals surface area contributed by atoms with Crippen molar-refractivity contribution in [3.63, 3.8) is 0 Å². The molecule has 0 aromatic heterocycles. The molecule has 0 saturated carbocycles. The Morgan fingerprint density at radius 1 is 1.11 bits per heavy atom. The molecule has 0 atom stereocenters. The first-order valence-electron chi connectivity index (χ1n) is 9.07. The van der Waals surface area contributed by atoms with Crippen molar-refractivity contribution in [2.45, 2.75) is 32.6 Å². The van der Waals surface area contributed by atoms with Crippen LogP contribution in [0.1, 0.15) is 53.3 Å². The molecule has 6 nitrogen and oxygen atoms in total. The number of amides is 1. The van der Waals surface area contributed by atoms with E-state index < -0.39 is 5.91 Å². The number of Topliss-reactive ketones (excluding diaryl/α,β-unsaturated/α-hetero) is 1. The van der Waals surface area contributed by atoms with Crippen molar-refractivity contribution in [3.05, 3.63) is 59.7 Å². The standard InChI is InChI=1S/C21H25N3O3/c1-2-3-4-7-13-27-20-12-6-5-11-18(20)19(25)15-23-24-21(26)16-9-8-10-17(22)14-16/h5-6,8-12,14-15H,2-4,7,13,22H2,1H3,(H,24,26)/b23-15-. The van der Waals surface area contributed by atoms with Crippen molar-refractivity contribution in [2.24, 2.45) is 5.10 Å². The largest absolute Gasteiger partial charge is 0.493 e. The summed E-state index contributed by atoms with van der Waals surface area (Å²) in [5.74, 6) is -0.258. The number of unbranched alkanes of at least 4 members (excludes halogenated alkanes) is 3. The Hall–Kier alpha value is -3.15. The SMILES string of the molecule is CCCCCCOc1ccccc1C(=O)/C=N\NC(=O)c1cccc(N)c1. The molecule has 0 aliphatic rings. The fraction of sp³-hybridized carbons (Fsp3) is 0.286. The van der Waals surface area contributed by atoms with E-state index in [0.29, 0.717) is 29.2 Å². The Labute approximate surface area is 159 Å². The molecule has 0 bridgehead atoms. The van der Waals surface area contributed by atoms with Crippen molar-refractivity contribution < 1.29 is 14.3 Å². The van der Waals surface area contributed by atoms with Crippen LogP contribution in [-0.4, -0.2) is 24.5 Å². The highest BCUT2D eigenvalue weighted by atomic mass is 16.5. The number of rotatable bonds is 10. The third kappa shape index (κ3) is 6.58. The van der Waals surface area contributed by atoms with Gasteiger partial charge in [-0.05, 0) is 36.8 Å². The second-order valence-electron chi connectivity index (χ2n) is 6.09. The van der Waals surface area contributed by atoms with Crippen molar-refractivity contribution in [1.82, 2.24) is 5.43 Å². The average Bonchev–Trinajstić information content (AvgIpc) is 2.68. The minimum Gasteiger partial charge on any atom is -0.493 e. The van der Waals surface area contributed by atoms with E-state index in [0.717, 1.165) is 25.5 Å². The molecule has 6 heteroatoms. The van der Waals surface area contributed by atoms with Gasteiger partial charge in [0.15, 0.2) is 0 Å². The predicted molar refractivity (Wildman–Crippen MR) is 107 cm³/mol. The minimum atomic E-state index is -0.438. The zero-order valence-electron chi connectivity index (χ0n) is 15.5. The van der Waals surface area contributed by atoms with Gasteiger partial charge in [0.25, 0.3) is 5.91 Å². The zero-order valence-corrected chi connectivity index (χ0v) is 15.5. The number of benzene rings is 2. The van der Waals surface area contributed by atoms with E-state index in [-0.39, 0.29) is 5.78 Å². The van der Waals surface area contributed by atoms with E-state index >= 15 is 0 Å². The summed E-state index contributed by atoms with van der Waals surface area (Å²) >= 11 is 0. The van der Waals surface area contributed by atoms with Crippen molar-refractivity contribution in [1.29, 1.82) is 0 Å². The first-order valence-corrected chi connectivity index (χ1v) is 9.07. The Morgan fingerprint density at radius 2 is 1.93 bits per heavy atom. The number of hydrogen-bond donors (Lipinski definition) is 2. The summed E-state index contributed by atoms with van der Waals surface area (Å²) in [7, 11) is 0. The van der Waals surface area contributed by atoms with Crippen LogP contribution >= 0.6 is 0 Å². The van der Waals surface area contributed by atoms with Gasteiger partial charge in [-0.3, -0.25) is 9.59 Å². The van der Waals surface area contributed by atoms with Gasteiger partial charge in [-0.1, -0.05) is 44.4 Å². The molecule has 142 valence electrons. The molecule has 0 heterocycles. The van der Waals surface area contributed by atoms with Crippen molar-refractivity contribution in [2.75, 3.05) is 12.3 Å². The van der Waals surface area contributed by atoms with E-state index in [4.69, 9.17) is 10.5 Å². The molecule has 2 aromatic rings. The first kappa shape index (κ1) is 20.2. The molecule has 3 N–H and O–H groups in total. The van der Waals surface area contributed by atoms with Crippen LogP contribution in [-0.2, 0) is 0 Å². The quantitative estimate of drug-likeness (QED) is 0.219. The number of anilines is 1. The minimum absolute atomic E-state index is 0.341. The summed E-state index contributed by atoms with van der Waals surface area (Å²) in [5, 5.41) is 3.75. The van der Waals surface area contributed by atoms with Crippen LogP contribution in [0.25, 0.3) is 0 Å². The van der Waals surface area contributed by atoms with Gasteiger partial charge in [0.2, 0.25) is 5.78 Å². The second-order valence-corrected chi connectivity index (χ2v) is 6.09. The number of hydrazone groups is 1. The normalized spacial score (nSPS) is 10.7. The van der Waals surface area contributed by atoms with Crippen LogP contribution in [0.5, 0.6) is 5.75 Å². The van der Waals surface area contributed by atoms with Crippen molar-refractivity contribution >= 4 is 23.6 Å². The van der Waals surface area contributed by atoms with Crippen molar-refractivity contribution in [3.8, 4) is 5.75 Å². The molecule has 2 rings (SSSR count). The average molecular weight is 367 g/mol. The third-order valence-corrected chi connectivity index (χ3v) is 3.90. The predicted octanol–water partition coefficient (Wildman–Crippen LogP) is 3.83. The number of ether oxygens (including phenoxy) is 1. The van der Waals surface area contributed by atoms with Gasteiger partial charge in [-0.15, -0.1) is 0 Å². The number of nitrogens with one attached hydrogen (secondary N) is 1. The topological polar surface area (TPSA) is 93.8 Å². The highest BCUT2D eigenvalue weighted by molar-refractivity contribution is 6.36. The highest BCUT2D eigenvalue weighted by Gasteiger charge is 2.10. The molecule has 0 fully saturated rings. The lowest BCUT2D eigenvalue weighted by Crippen LogP contribution is -2.19. The second kappa shape index (κ2) is 10.8. The molecule has 1 amide bonds. The van der Waals surface area contributed by atoms with Crippen LogP contribution in [0.2, 0.25) is 0 Å². The molecule has 0 spiro atoms. The van der Waals surface area contributed by atoms with Crippen LogP contribution in [0.3, 0.4) is 0 Å². The lowest BCUT2D eigenvalue weighted by molar-refractivity contribution is 0.0955. The van der Waals surface area contributed by atoms with Gasteiger partial charge in [0.05, 0.1) is 18.4 Å². The molecular weight excluding hydrogens is 342 g/mol. The summed E-state index contributed by atoms with van der Waals surface area (Å²) in [6.07, 6.45) is 5.45. The zero-order chi connectivity index (χ0) is 19.5. The van der Waals surface area contributed by atoms with E-state index in [1.165, 1.54) is 12.5 Å². The van der Waals surface area contributed by atoms with E-state index in [9.17, 15) is 9.59 Å². The Morgan fingerprint density at radius 3 is 2.70 bits per heavy atom.